The Morgan fingerprint density at radius 1 is 1.09 bits per heavy atom. The van der Waals surface area contributed by atoms with E-state index in [0.717, 1.165) is 31.4 Å². The minimum absolute atomic E-state index is 0.193. The van der Waals surface area contributed by atoms with E-state index >= 15 is 0 Å². The van der Waals surface area contributed by atoms with Gasteiger partial charge < -0.3 is 24.8 Å². The smallest absolute Gasteiger partial charge is 0.252 e. The number of hydrogen-bond acceptors (Lipinski definition) is 8. The fourth-order valence-corrected chi connectivity index (χ4v) is 5.24. The molecule has 1 aliphatic carbocycles. The maximum Gasteiger partial charge on any atom is 0.252 e. The molecule has 3 aliphatic rings. The number of likely N-dealkylation sites (N-methyl/N-ethyl adjacent to an activating group) is 1. The van der Waals surface area contributed by atoms with Crippen molar-refractivity contribution in [2.75, 3.05) is 11.9 Å². The Morgan fingerprint density at radius 2 is 1.88 bits per heavy atom. The van der Waals surface area contributed by atoms with Gasteiger partial charge in [-0.25, -0.2) is 15.0 Å². The third-order valence-corrected chi connectivity index (χ3v) is 6.79. The van der Waals surface area contributed by atoms with E-state index in [1.54, 1.807) is 6.33 Å². The van der Waals surface area contributed by atoms with Gasteiger partial charge in [0.05, 0.1) is 6.33 Å². The van der Waals surface area contributed by atoms with E-state index in [9.17, 15) is 4.79 Å². The SMILES string of the molecule is CCNC(=O)[C@H]1O[C@@H](n2cnc3c(Nc4ccccc4)ncnc32)[C@H]2OC3(CCCCC3)OC12. The molecule has 1 unspecified atom stereocenters. The Labute approximate surface area is 197 Å². The van der Waals surface area contributed by atoms with Crippen LogP contribution in [0.5, 0.6) is 0 Å². The number of hydrogen-bond donors (Lipinski definition) is 2. The van der Waals surface area contributed by atoms with Gasteiger partial charge in [-0.2, -0.15) is 0 Å². The van der Waals surface area contributed by atoms with Crippen LogP contribution in [-0.4, -0.2) is 56.1 Å². The highest BCUT2D eigenvalue weighted by molar-refractivity contribution is 5.85. The Balaban J connectivity index is 1.35. The molecule has 34 heavy (non-hydrogen) atoms. The van der Waals surface area contributed by atoms with Gasteiger partial charge in [0.1, 0.15) is 18.5 Å². The molecule has 178 valence electrons. The van der Waals surface area contributed by atoms with Gasteiger partial charge in [0.25, 0.3) is 5.91 Å². The van der Waals surface area contributed by atoms with Crippen LogP contribution in [0.3, 0.4) is 0 Å². The Hall–Kier alpha value is -3.08. The quantitative estimate of drug-likeness (QED) is 0.593. The first-order valence-corrected chi connectivity index (χ1v) is 12.0. The maximum atomic E-state index is 12.9. The number of anilines is 2. The molecule has 0 bridgehead atoms. The van der Waals surface area contributed by atoms with Crippen LogP contribution in [0, 0.1) is 0 Å². The summed E-state index contributed by atoms with van der Waals surface area (Å²) >= 11 is 0. The highest BCUT2D eigenvalue weighted by Gasteiger charge is 2.60. The average Bonchev–Trinajstić information content (AvgIpc) is 3.53. The fraction of sp³-hybridized carbons (Fsp3) is 0.500. The third kappa shape index (κ3) is 3.62. The van der Waals surface area contributed by atoms with E-state index in [-0.39, 0.29) is 5.91 Å². The lowest BCUT2D eigenvalue weighted by Crippen LogP contribution is -2.43. The lowest BCUT2D eigenvalue weighted by molar-refractivity contribution is -0.229. The van der Waals surface area contributed by atoms with Crippen LogP contribution in [0.4, 0.5) is 11.5 Å². The van der Waals surface area contributed by atoms with Crippen molar-refractivity contribution in [3.05, 3.63) is 43.0 Å². The van der Waals surface area contributed by atoms with E-state index < -0.39 is 30.3 Å². The highest BCUT2D eigenvalue weighted by Crippen LogP contribution is 2.49. The van der Waals surface area contributed by atoms with Crippen molar-refractivity contribution in [2.45, 2.75) is 69.4 Å². The molecule has 4 atom stereocenters. The van der Waals surface area contributed by atoms with Crippen molar-refractivity contribution < 1.29 is 19.0 Å². The van der Waals surface area contributed by atoms with Gasteiger partial charge in [0.2, 0.25) is 0 Å². The summed E-state index contributed by atoms with van der Waals surface area (Å²) in [6, 6.07) is 9.77. The molecule has 3 fully saturated rings. The number of nitrogens with zero attached hydrogens (tertiary/aromatic N) is 4. The second-order valence-electron chi connectivity index (χ2n) is 9.02. The van der Waals surface area contributed by atoms with Crippen molar-refractivity contribution in [3.63, 3.8) is 0 Å². The summed E-state index contributed by atoms with van der Waals surface area (Å²) < 4.78 is 21.1. The zero-order valence-electron chi connectivity index (χ0n) is 19.0. The summed E-state index contributed by atoms with van der Waals surface area (Å²) in [6.45, 7) is 2.40. The lowest BCUT2D eigenvalue weighted by atomic mass is 9.94. The Kier molecular flexibility index (Phi) is 5.43. The van der Waals surface area contributed by atoms with Gasteiger partial charge >= 0.3 is 0 Å². The first-order valence-electron chi connectivity index (χ1n) is 12.0. The van der Waals surface area contributed by atoms with E-state index in [4.69, 9.17) is 14.2 Å². The molecule has 3 aromatic rings. The normalized spacial score (nSPS) is 27.7. The van der Waals surface area contributed by atoms with E-state index in [0.29, 0.717) is 23.5 Å². The van der Waals surface area contributed by atoms with Crippen LogP contribution < -0.4 is 10.6 Å². The standard InChI is InChI=1S/C24H28N6O4/c1-2-25-22(31)18-17-19(34-24(33-17)11-7-4-8-12-24)23(32-18)30-14-28-16-20(26-13-27-21(16)30)29-15-9-5-3-6-10-15/h3,5-6,9-10,13-14,17-19,23H,2,4,7-8,11-12H2,1H3,(H,25,31)(H,26,27,29)/t17?,18-,19-,23+/m0/s1. The molecular formula is C24H28N6O4. The predicted octanol–water partition coefficient (Wildman–Crippen LogP) is 3.05. The number of fused-ring (bicyclic) bond motifs is 2. The highest BCUT2D eigenvalue weighted by atomic mass is 16.8. The topological polar surface area (TPSA) is 112 Å². The summed E-state index contributed by atoms with van der Waals surface area (Å²) in [5, 5.41) is 6.17. The van der Waals surface area contributed by atoms with Gasteiger partial charge in [0.15, 0.2) is 35.1 Å². The van der Waals surface area contributed by atoms with Gasteiger partial charge in [-0.3, -0.25) is 9.36 Å². The molecule has 1 spiro atoms. The zero-order valence-corrected chi connectivity index (χ0v) is 19.0. The summed E-state index contributed by atoms with van der Waals surface area (Å²) in [5.41, 5.74) is 2.11. The molecule has 1 aromatic carbocycles. The molecule has 4 heterocycles. The lowest BCUT2D eigenvalue weighted by Gasteiger charge is -2.34. The van der Waals surface area contributed by atoms with Crippen molar-refractivity contribution in [3.8, 4) is 0 Å². The largest absolute Gasteiger partial charge is 0.354 e. The average molecular weight is 465 g/mol. The van der Waals surface area contributed by atoms with E-state index in [1.165, 1.54) is 12.7 Å². The molecule has 10 heteroatoms. The Morgan fingerprint density at radius 3 is 2.68 bits per heavy atom. The summed E-state index contributed by atoms with van der Waals surface area (Å²) in [5.74, 6) is -0.245. The number of ether oxygens (including phenoxy) is 3. The number of nitrogens with one attached hydrogen (secondary N) is 2. The maximum absolute atomic E-state index is 12.9. The number of aromatic nitrogens is 4. The van der Waals surface area contributed by atoms with Crippen molar-refractivity contribution in [2.24, 2.45) is 0 Å². The van der Waals surface area contributed by atoms with E-state index in [2.05, 4.69) is 25.6 Å². The van der Waals surface area contributed by atoms with Crippen LogP contribution in [0.1, 0.15) is 45.3 Å². The van der Waals surface area contributed by atoms with Gasteiger partial charge in [-0.15, -0.1) is 0 Å². The number of amides is 1. The van der Waals surface area contributed by atoms with Gasteiger partial charge in [-0.05, 0) is 31.9 Å². The Bertz CT molecular complexity index is 1180. The monoisotopic (exact) mass is 464 g/mol. The molecule has 6 rings (SSSR count). The minimum atomic E-state index is -0.766. The summed E-state index contributed by atoms with van der Waals surface area (Å²) in [6.07, 6.45) is 5.80. The molecule has 1 saturated carbocycles. The molecule has 10 nitrogen and oxygen atoms in total. The number of benzene rings is 1. The van der Waals surface area contributed by atoms with Gasteiger partial charge in [0, 0.05) is 25.1 Å². The number of carbonyl (C=O) groups is 1. The minimum Gasteiger partial charge on any atom is -0.354 e. The first kappa shape index (κ1) is 21.5. The number of para-hydroxylation sites is 1. The molecule has 2 saturated heterocycles. The predicted molar refractivity (Wildman–Crippen MR) is 123 cm³/mol. The number of carbonyl (C=O) groups excluding carboxylic acids is 1. The molecule has 1 amide bonds. The van der Waals surface area contributed by atoms with Crippen molar-refractivity contribution >= 4 is 28.6 Å². The summed E-state index contributed by atoms with van der Waals surface area (Å²) in [7, 11) is 0. The second-order valence-corrected chi connectivity index (χ2v) is 9.02. The van der Waals surface area contributed by atoms with Crippen LogP contribution >= 0.6 is 0 Å². The molecule has 2 aliphatic heterocycles. The zero-order chi connectivity index (χ0) is 23.1. The second kappa shape index (κ2) is 8.61. The number of rotatable bonds is 5. The third-order valence-electron chi connectivity index (χ3n) is 6.79. The fourth-order valence-electron chi connectivity index (χ4n) is 5.24. The van der Waals surface area contributed by atoms with Crippen LogP contribution in [0.25, 0.3) is 11.2 Å². The summed E-state index contributed by atoms with van der Waals surface area (Å²) in [4.78, 5) is 26.3. The van der Waals surface area contributed by atoms with Crippen molar-refractivity contribution in [1.82, 2.24) is 24.8 Å². The number of imidazole rings is 1. The van der Waals surface area contributed by atoms with Crippen LogP contribution in [-0.2, 0) is 19.0 Å². The molecular weight excluding hydrogens is 436 g/mol. The molecule has 2 N–H and O–H groups in total. The van der Waals surface area contributed by atoms with Crippen LogP contribution in [0.2, 0.25) is 0 Å². The van der Waals surface area contributed by atoms with E-state index in [1.807, 2.05) is 41.8 Å². The van der Waals surface area contributed by atoms with Crippen LogP contribution in [0.15, 0.2) is 43.0 Å². The first-order chi connectivity index (χ1) is 16.7. The molecule has 0 radical (unpaired) electrons. The van der Waals surface area contributed by atoms with Gasteiger partial charge in [-0.1, -0.05) is 24.6 Å². The molecule has 2 aromatic heterocycles. The van der Waals surface area contributed by atoms with Crippen molar-refractivity contribution in [1.29, 1.82) is 0 Å².